The van der Waals surface area contributed by atoms with E-state index in [1.807, 2.05) is 19.1 Å². The molecule has 26 heavy (non-hydrogen) atoms. The maximum atomic E-state index is 12.4. The Bertz CT molecular complexity index is 1000. The fraction of sp³-hybridized carbons (Fsp3) is 0.0526. The van der Waals surface area contributed by atoms with Crippen LogP contribution < -0.4 is 10.0 Å². The van der Waals surface area contributed by atoms with Crippen molar-refractivity contribution in [2.75, 3.05) is 10.0 Å². The molecule has 3 aromatic rings. The number of rotatable bonds is 5. The number of anilines is 2. The topological polar surface area (TPSA) is 88.2 Å². The number of hydrogen-bond acceptors (Lipinski definition) is 4. The fourth-order valence-corrected chi connectivity index (χ4v) is 3.30. The molecule has 7 heteroatoms. The van der Waals surface area contributed by atoms with Crippen LogP contribution in [0, 0.1) is 6.92 Å². The van der Waals surface area contributed by atoms with E-state index in [1.54, 1.807) is 30.3 Å². The van der Waals surface area contributed by atoms with Gasteiger partial charge in [0.05, 0.1) is 4.90 Å². The summed E-state index contributed by atoms with van der Waals surface area (Å²) in [5.74, 6) is -0.362. The van der Waals surface area contributed by atoms with E-state index < -0.39 is 10.0 Å². The first kappa shape index (κ1) is 17.6. The van der Waals surface area contributed by atoms with Crippen molar-refractivity contribution in [2.24, 2.45) is 0 Å². The van der Waals surface area contributed by atoms with Gasteiger partial charge in [-0.25, -0.2) is 8.42 Å². The lowest BCUT2D eigenvalue weighted by molar-refractivity contribution is 0.102. The third-order valence-corrected chi connectivity index (χ3v) is 5.02. The monoisotopic (exact) mass is 367 g/mol. The van der Waals surface area contributed by atoms with Crippen LogP contribution >= 0.6 is 0 Å². The van der Waals surface area contributed by atoms with E-state index in [9.17, 15) is 13.2 Å². The Hall–Kier alpha value is -3.19. The first-order valence-electron chi connectivity index (χ1n) is 7.86. The molecule has 6 nitrogen and oxygen atoms in total. The Kier molecular flexibility index (Phi) is 4.99. The molecule has 0 saturated heterocycles. The van der Waals surface area contributed by atoms with E-state index in [2.05, 4.69) is 15.0 Å². The average Bonchev–Trinajstić information content (AvgIpc) is 2.64. The lowest BCUT2D eigenvalue weighted by Crippen LogP contribution is -2.14. The van der Waals surface area contributed by atoms with E-state index in [0.29, 0.717) is 11.4 Å². The zero-order valence-corrected chi connectivity index (χ0v) is 14.8. The van der Waals surface area contributed by atoms with Crippen LogP contribution in [0.2, 0.25) is 0 Å². The van der Waals surface area contributed by atoms with E-state index >= 15 is 0 Å². The molecule has 0 bridgehead atoms. The molecule has 0 aliphatic heterocycles. The Balaban J connectivity index is 1.72. The van der Waals surface area contributed by atoms with E-state index in [0.717, 1.165) is 5.56 Å². The first-order valence-corrected chi connectivity index (χ1v) is 9.34. The summed E-state index contributed by atoms with van der Waals surface area (Å²) in [6.45, 7) is 1.93. The van der Waals surface area contributed by atoms with Gasteiger partial charge in [-0.1, -0.05) is 23.8 Å². The predicted octanol–water partition coefficient (Wildman–Crippen LogP) is 3.44. The van der Waals surface area contributed by atoms with Crippen molar-refractivity contribution >= 4 is 27.3 Å². The van der Waals surface area contributed by atoms with Gasteiger partial charge in [0.1, 0.15) is 5.69 Å². The van der Waals surface area contributed by atoms with Crippen molar-refractivity contribution in [3.05, 3.63) is 84.2 Å². The summed E-state index contributed by atoms with van der Waals surface area (Å²) in [4.78, 5) is 16.1. The van der Waals surface area contributed by atoms with Crippen molar-refractivity contribution < 1.29 is 13.2 Å². The molecule has 2 N–H and O–H groups in total. The molecule has 2 aromatic carbocycles. The van der Waals surface area contributed by atoms with Gasteiger partial charge in [-0.15, -0.1) is 0 Å². The molecule has 0 unspecified atom stereocenters. The third-order valence-electron chi connectivity index (χ3n) is 3.62. The summed E-state index contributed by atoms with van der Waals surface area (Å²) in [6.07, 6.45) is 1.53. The van der Waals surface area contributed by atoms with Crippen molar-refractivity contribution in [3.63, 3.8) is 0 Å². The number of nitrogens with one attached hydrogen (secondary N) is 2. The molecule has 0 saturated carbocycles. The molecular weight excluding hydrogens is 350 g/mol. The summed E-state index contributed by atoms with van der Waals surface area (Å²) >= 11 is 0. The number of sulfonamides is 1. The van der Waals surface area contributed by atoms with Gasteiger partial charge in [0.2, 0.25) is 0 Å². The maximum Gasteiger partial charge on any atom is 0.274 e. The number of nitrogens with zero attached hydrogens (tertiary/aromatic N) is 1. The molecule has 132 valence electrons. The average molecular weight is 367 g/mol. The minimum absolute atomic E-state index is 0.105. The number of carbonyl (C=O) groups excluding carboxylic acids is 1. The number of benzene rings is 2. The highest BCUT2D eigenvalue weighted by molar-refractivity contribution is 7.92. The first-order chi connectivity index (χ1) is 12.4. The third kappa shape index (κ3) is 4.25. The Labute approximate surface area is 152 Å². The van der Waals surface area contributed by atoms with E-state index in [-0.39, 0.29) is 16.5 Å². The molecule has 1 aromatic heterocycles. The highest BCUT2D eigenvalue weighted by Gasteiger charge is 2.14. The molecule has 0 spiro atoms. The standard InChI is InChI=1S/C19H17N3O3S/c1-14-5-7-16(8-6-14)22-26(24,25)17-11-9-15(10-12-17)21-19(23)18-4-2-3-13-20-18/h2-13,22H,1H3,(H,21,23). The smallest absolute Gasteiger partial charge is 0.274 e. The lowest BCUT2D eigenvalue weighted by Gasteiger charge is -2.09. The second kappa shape index (κ2) is 7.37. The van der Waals surface area contributed by atoms with Crippen LogP contribution in [0.15, 0.2) is 77.8 Å². The van der Waals surface area contributed by atoms with Gasteiger partial charge in [0, 0.05) is 17.6 Å². The van der Waals surface area contributed by atoms with Gasteiger partial charge >= 0.3 is 0 Å². The molecule has 1 heterocycles. The van der Waals surface area contributed by atoms with Crippen molar-refractivity contribution in [1.82, 2.24) is 4.98 Å². The summed E-state index contributed by atoms with van der Waals surface area (Å²) in [5.41, 5.74) is 2.30. The number of hydrogen-bond donors (Lipinski definition) is 2. The molecule has 0 fully saturated rings. The van der Waals surface area contributed by atoms with Gasteiger partial charge in [-0.05, 0) is 55.5 Å². The van der Waals surface area contributed by atoms with Crippen LogP contribution in [0.1, 0.15) is 16.1 Å². The molecule has 1 amide bonds. The summed E-state index contributed by atoms with van der Waals surface area (Å²) in [5, 5.41) is 2.68. The van der Waals surface area contributed by atoms with Crippen LogP contribution in [0.3, 0.4) is 0 Å². The van der Waals surface area contributed by atoms with Gasteiger partial charge in [0.15, 0.2) is 0 Å². The van der Waals surface area contributed by atoms with Gasteiger partial charge in [-0.2, -0.15) is 0 Å². The number of carbonyl (C=O) groups is 1. The highest BCUT2D eigenvalue weighted by Crippen LogP contribution is 2.19. The Morgan fingerprint density at radius 1 is 0.885 bits per heavy atom. The highest BCUT2D eigenvalue weighted by atomic mass is 32.2. The second-order valence-corrected chi connectivity index (χ2v) is 7.35. The molecule has 0 atom stereocenters. The Morgan fingerprint density at radius 3 is 2.15 bits per heavy atom. The summed E-state index contributed by atoms with van der Waals surface area (Å²) in [6, 6.07) is 18.0. The number of amides is 1. The fourth-order valence-electron chi connectivity index (χ4n) is 2.25. The molecular formula is C19H17N3O3S. The molecule has 0 aliphatic rings. The second-order valence-electron chi connectivity index (χ2n) is 5.67. The lowest BCUT2D eigenvalue weighted by atomic mass is 10.2. The van der Waals surface area contributed by atoms with Crippen LogP contribution in [0.25, 0.3) is 0 Å². The maximum absolute atomic E-state index is 12.4. The largest absolute Gasteiger partial charge is 0.321 e. The van der Waals surface area contributed by atoms with E-state index in [4.69, 9.17) is 0 Å². The van der Waals surface area contributed by atoms with Gasteiger partial charge in [0.25, 0.3) is 15.9 Å². The summed E-state index contributed by atoms with van der Waals surface area (Å²) < 4.78 is 27.4. The van der Waals surface area contributed by atoms with Crippen LogP contribution in [0.5, 0.6) is 0 Å². The zero-order chi connectivity index (χ0) is 18.6. The van der Waals surface area contributed by atoms with Crippen molar-refractivity contribution in [2.45, 2.75) is 11.8 Å². The van der Waals surface area contributed by atoms with Crippen molar-refractivity contribution in [3.8, 4) is 0 Å². The van der Waals surface area contributed by atoms with Crippen molar-refractivity contribution in [1.29, 1.82) is 0 Å². The van der Waals surface area contributed by atoms with Crippen LogP contribution in [-0.2, 0) is 10.0 Å². The number of aromatic nitrogens is 1. The molecule has 3 rings (SSSR count). The van der Waals surface area contributed by atoms with Crippen LogP contribution in [-0.4, -0.2) is 19.3 Å². The quantitative estimate of drug-likeness (QED) is 0.723. The minimum atomic E-state index is -3.70. The molecule has 0 radical (unpaired) electrons. The molecule has 0 aliphatic carbocycles. The minimum Gasteiger partial charge on any atom is -0.321 e. The zero-order valence-electron chi connectivity index (χ0n) is 14.0. The number of pyridine rings is 1. The normalized spacial score (nSPS) is 11.0. The van der Waals surface area contributed by atoms with E-state index in [1.165, 1.54) is 30.5 Å². The Morgan fingerprint density at radius 2 is 1.54 bits per heavy atom. The summed E-state index contributed by atoms with van der Waals surface area (Å²) in [7, 11) is -3.70. The SMILES string of the molecule is Cc1ccc(NS(=O)(=O)c2ccc(NC(=O)c3ccccn3)cc2)cc1. The predicted molar refractivity (Wildman–Crippen MR) is 101 cm³/mol. The number of aryl methyl sites for hydroxylation is 1. The van der Waals surface area contributed by atoms with Gasteiger partial charge in [-0.3, -0.25) is 14.5 Å². The van der Waals surface area contributed by atoms with Gasteiger partial charge < -0.3 is 5.32 Å². The van der Waals surface area contributed by atoms with Crippen LogP contribution in [0.4, 0.5) is 11.4 Å².